The molecule has 1 saturated heterocycles. The van der Waals surface area contributed by atoms with E-state index in [1.165, 1.54) is 6.92 Å². The number of hydrogen-bond donors (Lipinski definition) is 1. The molecule has 1 amide bonds. The number of β-amino-alcohol motifs (C(OH)–C–C–N with tert-alkyl or cyclic N) is 1. The second-order valence-electron chi connectivity index (χ2n) is 4.94. The van der Waals surface area contributed by atoms with Crippen molar-refractivity contribution in [1.82, 2.24) is 9.47 Å². The Labute approximate surface area is 99.6 Å². The van der Waals surface area contributed by atoms with E-state index in [4.69, 9.17) is 0 Å². The maximum absolute atomic E-state index is 12.1. The summed E-state index contributed by atoms with van der Waals surface area (Å²) in [7, 11) is 1.73. The Morgan fingerprint density at radius 3 is 2.41 bits per heavy atom. The number of carbonyl (C=O) groups excluding carboxylic acids is 2. The fourth-order valence-corrected chi connectivity index (χ4v) is 2.05. The van der Waals surface area contributed by atoms with Crippen LogP contribution in [-0.2, 0) is 7.05 Å². The molecule has 1 N–H and O–H groups in total. The second kappa shape index (κ2) is 3.70. The Bertz CT molecular complexity index is 480. The highest BCUT2D eigenvalue weighted by Crippen LogP contribution is 2.22. The smallest absolute Gasteiger partial charge is 0.270 e. The average Bonchev–Trinajstić information content (AvgIpc) is 2.55. The number of aryl methyl sites for hydroxylation is 1. The molecule has 1 fully saturated rings. The third kappa shape index (κ3) is 2.10. The fraction of sp³-hybridized carbons (Fsp3) is 0.500. The Morgan fingerprint density at radius 2 is 2.00 bits per heavy atom. The predicted molar refractivity (Wildman–Crippen MR) is 61.9 cm³/mol. The molecular weight excluding hydrogens is 220 g/mol. The standard InChI is InChI=1S/C12H16N2O3/c1-8(15)9-4-10(13(3)5-9)11(16)14-6-12(2,17)7-14/h4-5,17H,6-7H2,1-3H3. The van der Waals surface area contributed by atoms with Gasteiger partial charge >= 0.3 is 0 Å². The lowest BCUT2D eigenvalue weighted by Crippen LogP contribution is -2.61. The maximum Gasteiger partial charge on any atom is 0.270 e. The number of aliphatic hydroxyl groups is 1. The van der Waals surface area contributed by atoms with Crippen LogP contribution in [0, 0.1) is 0 Å². The normalized spacial score (nSPS) is 17.8. The van der Waals surface area contributed by atoms with Crippen molar-refractivity contribution in [3.05, 3.63) is 23.5 Å². The minimum Gasteiger partial charge on any atom is -0.386 e. The molecule has 0 unspecified atom stereocenters. The first kappa shape index (κ1) is 11.9. The van der Waals surface area contributed by atoms with Crippen molar-refractivity contribution in [1.29, 1.82) is 0 Å². The third-order valence-corrected chi connectivity index (χ3v) is 2.98. The average molecular weight is 236 g/mol. The van der Waals surface area contributed by atoms with Crippen LogP contribution in [0.3, 0.4) is 0 Å². The van der Waals surface area contributed by atoms with Crippen molar-refractivity contribution in [2.24, 2.45) is 7.05 Å². The van der Waals surface area contributed by atoms with Crippen molar-refractivity contribution in [2.45, 2.75) is 19.4 Å². The maximum atomic E-state index is 12.1. The monoisotopic (exact) mass is 236 g/mol. The molecule has 0 spiro atoms. The molecule has 0 bridgehead atoms. The number of rotatable bonds is 2. The van der Waals surface area contributed by atoms with Gasteiger partial charge in [0.15, 0.2) is 5.78 Å². The molecule has 2 rings (SSSR count). The lowest BCUT2D eigenvalue weighted by atomic mass is 9.96. The Balaban J connectivity index is 2.18. The Kier molecular flexibility index (Phi) is 2.58. The molecule has 17 heavy (non-hydrogen) atoms. The van der Waals surface area contributed by atoms with Crippen molar-refractivity contribution in [2.75, 3.05) is 13.1 Å². The minimum atomic E-state index is -0.774. The van der Waals surface area contributed by atoms with Crippen molar-refractivity contribution in [3.63, 3.8) is 0 Å². The van der Waals surface area contributed by atoms with Gasteiger partial charge in [0.05, 0.1) is 18.7 Å². The third-order valence-electron chi connectivity index (χ3n) is 2.98. The summed E-state index contributed by atoms with van der Waals surface area (Å²) in [5.41, 5.74) is 0.235. The highest BCUT2D eigenvalue weighted by Gasteiger charge is 2.40. The van der Waals surface area contributed by atoms with Crippen LogP contribution < -0.4 is 0 Å². The second-order valence-corrected chi connectivity index (χ2v) is 4.94. The van der Waals surface area contributed by atoms with Gasteiger partial charge in [-0.1, -0.05) is 0 Å². The van der Waals surface area contributed by atoms with E-state index in [1.54, 1.807) is 35.7 Å². The van der Waals surface area contributed by atoms with E-state index in [0.29, 0.717) is 24.3 Å². The van der Waals surface area contributed by atoms with Gasteiger partial charge in [0.2, 0.25) is 0 Å². The van der Waals surface area contributed by atoms with E-state index < -0.39 is 5.60 Å². The molecule has 0 radical (unpaired) electrons. The first-order valence-corrected chi connectivity index (χ1v) is 5.49. The van der Waals surface area contributed by atoms with Crippen molar-refractivity contribution in [3.8, 4) is 0 Å². The largest absolute Gasteiger partial charge is 0.386 e. The molecule has 1 aliphatic rings. The van der Waals surface area contributed by atoms with Crippen molar-refractivity contribution >= 4 is 11.7 Å². The number of hydrogen-bond acceptors (Lipinski definition) is 3. The van der Waals surface area contributed by atoms with Crippen LogP contribution in [0.2, 0.25) is 0 Å². The fourth-order valence-electron chi connectivity index (χ4n) is 2.05. The summed E-state index contributed by atoms with van der Waals surface area (Å²) in [4.78, 5) is 24.8. The molecule has 1 aromatic heterocycles. The summed E-state index contributed by atoms with van der Waals surface area (Å²) in [6.07, 6.45) is 1.65. The van der Waals surface area contributed by atoms with E-state index in [2.05, 4.69) is 0 Å². The number of amides is 1. The molecular formula is C12H16N2O3. The summed E-state index contributed by atoms with van der Waals surface area (Å²) < 4.78 is 1.64. The van der Waals surface area contributed by atoms with Crippen LogP contribution in [0.25, 0.3) is 0 Å². The van der Waals surface area contributed by atoms with Gasteiger partial charge in [-0.15, -0.1) is 0 Å². The Hall–Kier alpha value is -1.62. The van der Waals surface area contributed by atoms with E-state index in [0.717, 1.165) is 0 Å². The van der Waals surface area contributed by atoms with Crippen LogP contribution in [0.4, 0.5) is 0 Å². The number of likely N-dealkylation sites (tertiary alicyclic amines) is 1. The van der Waals surface area contributed by atoms with Gasteiger partial charge in [-0.2, -0.15) is 0 Å². The lowest BCUT2D eigenvalue weighted by molar-refractivity contribution is -0.0671. The number of aromatic nitrogens is 1. The van der Waals surface area contributed by atoms with Gasteiger partial charge in [0.1, 0.15) is 5.69 Å². The molecule has 0 aliphatic carbocycles. The summed E-state index contributed by atoms with van der Waals surface area (Å²) in [6.45, 7) is 3.85. The molecule has 0 atom stereocenters. The van der Waals surface area contributed by atoms with E-state index >= 15 is 0 Å². The summed E-state index contributed by atoms with van der Waals surface area (Å²) in [5, 5.41) is 9.59. The predicted octanol–water partition coefficient (Wildman–Crippen LogP) is 0.434. The van der Waals surface area contributed by atoms with Gasteiger partial charge in [-0.3, -0.25) is 9.59 Å². The molecule has 0 saturated carbocycles. The zero-order chi connectivity index (χ0) is 12.8. The molecule has 0 aromatic carbocycles. The van der Waals surface area contributed by atoms with Gasteiger partial charge in [-0.05, 0) is 19.9 Å². The number of Topliss-reactive ketones (excluding diaryl/α,β-unsaturated/α-hetero) is 1. The highest BCUT2D eigenvalue weighted by atomic mass is 16.3. The number of ketones is 1. The van der Waals surface area contributed by atoms with E-state index in [1.807, 2.05) is 0 Å². The van der Waals surface area contributed by atoms with Gasteiger partial charge < -0.3 is 14.6 Å². The molecule has 2 heterocycles. The zero-order valence-electron chi connectivity index (χ0n) is 10.2. The van der Waals surface area contributed by atoms with Crippen molar-refractivity contribution < 1.29 is 14.7 Å². The molecule has 5 nitrogen and oxygen atoms in total. The van der Waals surface area contributed by atoms with Gasteiger partial charge in [0.25, 0.3) is 5.91 Å². The number of nitrogens with zero attached hydrogens (tertiary/aromatic N) is 2. The first-order chi connectivity index (χ1) is 7.80. The summed E-state index contributed by atoms with van der Waals surface area (Å²) >= 11 is 0. The van der Waals surface area contributed by atoms with Gasteiger partial charge in [0, 0.05) is 18.8 Å². The zero-order valence-corrected chi connectivity index (χ0v) is 10.2. The first-order valence-electron chi connectivity index (χ1n) is 5.49. The highest BCUT2D eigenvalue weighted by molar-refractivity contribution is 5.99. The van der Waals surface area contributed by atoms with Crippen LogP contribution >= 0.6 is 0 Å². The van der Waals surface area contributed by atoms with Crippen LogP contribution in [0.15, 0.2) is 12.3 Å². The van der Waals surface area contributed by atoms with Crippen LogP contribution in [0.1, 0.15) is 34.7 Å². The van der Waals surface area contributed by atoms with E-state index in [9.17, 15) is 14.7 Å². The SMILES string of the molecule is CC(=O)c1cc(C(=O)N2CC(C)(O)C2)n(C)c1. The van der Waals surface area contributed by atoms with Crippen LogP contribution in [0.5, 0.6) is 0 Å². The summed E-state index contributed by atoms with van der Waals surface area (Å²) in [5.74, 6) is -0.207. The number of carbonyl (C=O) groups is 2. The molecule has 1 aliphatic heterocycles. The van der Waals surface area contributed by atoms with Crippen LogP contribution in [-0.4, -0.2) is 45.0 Å². The molecule has 1 aromatic rings. The lowest BCUT2D eigenvalue weighted by Gasteiger charge is -2.44. The topological polar surface area (TPSA) is 62.5 Å². The summed E-state index contributed by atoms with van der Waals surface area (Å²) in [6, 6.07) is 1.59. The molecule has 92 valence electrons. The van der Waals surface area contributed by atoms with E-state index in [-0.39, 0.29) is 11.7 Å². The van der Waals surface area contributed by atoms with Gasteiger partial charge in [-0.25, -0.2) is 0 Å². The quantitative estimate of drug-likeness (QED) is 0.758. The Morgan fingerprint density at radius 1 is 1.41 bits per heavy atom. The molecule has 5 heteroatoms. The minimum absolute atomic E-state index is 0.0599.